The van der Waals surface area contributed by atoms with Gasteiger partial charge in [0.05, 0.1) is 12.3 Å². The quantitative estimate of drug-likeness (QED) is 0.627. The Kier molecular flexibility index (Phi) is 4.99. The number of anilines is 1. The molecule has 4 nitrogen and oxygen atoms in total. The third-order valence-electron chi connectivity index (χ3n) is 3.13. The minimum Gasteiger partial charge on any atom is -0.465 e. The van der Waals surface area contributed by atoms with E-state index < -0.39 is 0 Å². The summed E-state index contributed by atoms with van der Waals surface area (Å²) in [6, 6.07) is 6.11. The summed E-state index contributed by atoms with van der Waals surface area (Å²) in [7, 11) is 0. The summed E-state index contributed by atoms with van der Waals surface area (Å²) in [5.74, 6) is -0.204. The van der Waals surface area contributed by atoms with Gasteiger partial charge in [-0.25, -0.2) is 0 Å². The minimum absolute atomic E-state index is 0.204. The summed E-state index contributed by atoms with van der Waals surface area (Å²) >= 11 is 8.50. The fourth-order valence-electron chi connectivity index (χ4n) is 2.04. The number of halogens is 1. The molecule has 0 bridgehead atoms. The van der Waals surface area contributed by atoms with E-state index >= 15 is 0 Å². The average molecular weight is 357 g/mol. The van der Waals surface area contributed by atoms with Crippen molar-refractivity contribution in [2.75, 3.05) is 18.1 Å². The number of esters is 1. The Morgan fingerprint density at radius 3 is 2.75 bits per heavy atom. The normalized spacial score (nSPS) is 13.9. The van der Waals surface area contributed by atoms with Crippen molar-refractivity contribution < 1.29 is 9.53 Å². The first kappa shape index (κ1) is 15.3. The van der Waals surface area contributed by atoms with E-state index in [0.29, 0.717) is 17.6 Å². The number of nitrogens with two attached hydrogens (primary N) is 1. The van der Waals surface area contributed by atoms with Gasteiger partial charge < -0.3 is 15.4 Å². The van der Waals surface area contributed by atoms with Crippen LogP contribution >= 0.6 is 28.1 Å². The second-order valence-corrected chi connectivity index (χ2v) is 5.99. The van der Waals surface area contributed by atoms with Crippen LogP contribution in [0.3, 0.4) is 0 Å². The highest BCUT2D eigenvalue weighted by atomic mass is 79.9. The summed E-state index contributed by atoms with van der Waals surface area (Å²) in [6.07, 6.45) is 2.20. The van der Waals surface area contributed by atoms with Crippen LogP contribution in [0.1, 0.15) is 25.3 Å². The van der Waals surface area contributed by atoms with Crippen molar-refractivity contribution in [2.24, 2.45) is 5.73 Å². The van der Waals surface area contributed by atoms with Gasteiger partial charge in [-0.3, -0.25) is 4.79 Å². The van der Waals surface area contributed by atoms with Gasteiger partial charge in [-0.1, -0.05) is 12.2 Å². The molecule has 0 amide bonds. The van der Waals surface area contributed by atoms with Crippen molar-refractivity contribution in [1.29, 1.82) is 0 Å². The molecule has 108 valence electrons. The topological polar surface area (TPSA) is 55.6 Å². The maximum atomic E-state index is 11.7. The fraction of sp³-hybridized carbons (Fsp3) is 0.429. The molecule has 0 spiro atoms. The van der Waals surface area contributed by atoms with Crippen LogP contribution in [-0.2, 0) is 9.53 Å². The van der Waals surface area contributed by atoms with Gasteiger partial charge in [0.2, 0.25) is 0 Å². The number of benzene rings is 1. The number of ether oxygens (including phenoxy) is 1. The average Bonchev–Trinajstić information content (AvgIpc) is 3.20. The lowest BCUT2D eigenvalue weighted by molar-refractivity contribution is -0.141. The summed E-state index contributed by atoms with van der Waals surface area (Å²) < 4.78 is 5.92. The largest absolute Gasteiger partial charge is 0.465 e. The smallest absolute Gasteiger partial charge is 0.325 e. The zero-order valence-electron chi connectivity index (χ0n) is 11.3. The Morgan fingerprint density at radius 1 is 1.55 bits per heavy atom. The van der Waals surface area contributed by atoms with E-state index in [1.807, 2.05) is 25.1 Å². The van der Waals surface area contributed by atoms with E-state index in [2.05, 4.69) is 20.8 Å². The van der Waals surface area contributed by atoms with Gasteiger partial charge in [-0.05, 0) is 53.9 Å². The monoisotopic (exact) mass is 356 g/mol. The van der Waals surface area contributed by atoms with Crippen LogP contribution in [-0.4, -0.2) is 30.2 Å². The Balaban J connectivity index is 2.21. The molecule has 1 aliphatic carbocycles. The zero-order valence-corrected chi connectivity index (χ0v) is 13.7. The third-order valence-corrected chi connectivity index (χ3v) is 4.00. The van der Waals surface area contributed by atoms with Crippen LogP contribution in [0.4, 0.5) is 5.69 Å². The standard InChI is InChI=1S/C14H17BrN2O2S/c1-2-19-13(18)8-17(10-4-5-10)12-6-3-9(14(16)20)7-11(12)15/h3,6-7,10H,2,4-5,8H2,1H3,(H2,16,20). The number of rotatable bonds is 6. The van der Waals surface area contributed by atoms with Crippen molar-refractivity contribution in [1.82, 2.24) is 0 Å². The van der Waals surface area contributed by atoms with E-state index in [9.17, 15) is 4.79 Å². The van der Waals surface area contributed by atoms with Crippen LogP contribution in [0.15, 0.2) is 22.7 Å². The van der Waals surface area contributed by atoms with Crippen molar-refractivity contribution >= 4 is 44.8 Å². The van der Waals surface area contributed by atoms with Gasteiger partial charge in [0.1, 0.15) is 11.5 Å². The molecular formula is C14H17BrN2O2S. The van der Waals surface area contributed by atoms with Crippen LogP contribution in [0.5, 0.6) is 0 Å². The third kappa shape index (κ3) is 3.70. The highest BCUT2D eigenvalue weighted by Crippen LogP contribution is 2.36. The van der Waals surface area contributed by atoms with E-state index in [0.717, 1.165) is 28.6 Å². The molecule has 2 rings (SSSR count). The number of nitrogens with zero attached hydrogens (tertiary/aromatic N) is 1. The summed E-state index contributed by atoms with van der Waals surface area (Å²) in [4.78, 5) is 14.2. The van der Waals surface area contributed by atoms with Crippen LogP contribution < -0.4 is 10.6 Å². The van der Waals surface area contributed by atoms with Gasteiger partial charge in [0.25, 0.3) is 0 Å². The predicted molar refractivity (Wildman–Crippen MR) is 87.0 cm³/mol. The molecule has 1 saturated carbocycles. The van der Waals surface area contributed by atoms with Crippen molar-refractivity contribution in [2.45, 2.75) is 25.8 Å². The molecule has 0 saturated heterocycles. The van der Waals surface area contributed by atoms with Crippen LogP contribution in [0, 0.1) is 0 Å². The molecular weight excluding hydrogens is 340 g/mol. The lowest BCUT2D eigenvalue weighted by Gasteiger charge is -2.25. The van der Waals surface area contributed by atoms with Crippen molar-refractivity contribution in [3.05, 3.63) is 28.2 Å². The van der Waals surface area contributed by atoms with Crippen molar-refractivity contribution in [3.63, 3.8) is 0 Å². The summed E-state index contributed by atoms with van der Waals surface area (Å²) in [5.41, 5.74) is 7.40. The summed E-state index contributed by atoms with van der Waals surface area (Å²) in [6.45, 7) is 2.48. The van der Waals surface area contributed by atoms with Gasteiger partial charge in [0.15, 0.2) is 0 Å². The molecule has 0 aromatic heterocycles. The molecule has 0 radical (unpaired) electrons. The lowest BCUT2D eigenvalue weighted by atomic mass is 10.2. The number of carbonyl (C=O) groups excluding carboxylic acids is 1. The SMILES string of the molecule is CCOC(=O)CN(c1ccc(C(N)=S)cc1Br)C1CC1. The predicted octanol–water partition coefficient (Wildman–Crippen LogP) is 2.62. The number of hydrogen-bond donors (Lipinski definition) is 1. The minimum atomic E-state index is -0.204. The Morgan fingerprint density at radius 2 is 2.25 bits per heavy atom. The van der Waals surface area contributed by atoms with Gasteiger partial charge >= 0.3 is 5.97 Å². The lowest BCUT2D eigenvalue weighted by Crippen LogP contribution is -2.33. The Bertz CT molecular complexity index is 532. The molecule has 20 heavy (non-hydrogen) atoms. The zero-order chi connectivity index (χ0) is 14.7. The highest BCUT2D eigenvalue weighted by Gasteiger charge is 2.32. The second-order valence-electron chi connectivity index (χ2n) is 4.69. The van der Waals surface area contributed by atoms with Crippen molar-refractivity contribution in [3.8, 4) is 0 Å². The van der Waals surface area contributed by atoms with E-state index in [1.165, 1.54) is 0 Å². The molecule has 1 aliphatic rings. The fourth-order valence-corrected chi connectivity index (χ4v) is 2.77. The van der Waals surface area contributed by atoms with Gasteiger partial charge in [-0.15, -0.1) is 0 Å². The van der Waals surface area contributed by atoms with E-state index in [1.54, 1.807) is 0 Å². The maximum absolute atomic E-state index is 11.7. The maximum Gasteiger partial charge on any atom is 0.325 e. The molecule has 0 heterocycles. The Labute approximate surface area is 132 Å². The second kappa shape index (κ2) is 6.54. The molecule has 0 atom stereocenters. The molecule has 1 fully saturated rings. The first-order valence-electron chi connectivity index (χ1n) is 6.54. The molecule has 0 aliphatic heterocycles. The van der Waals surface area contributed by atoms with Gasteiger partial charge in [-0.2, -0.15) is 0 Å². The van der Waals surface area contributed by atoms with Gasteiger partial charge in [0, 0.05) is 16.1 Å². The first-order valence-corrected chi connectivity index (χ1v) is 7.74. The highest BCUT2D eigenvalue weighted by molar-refractivity contribution is 9.10. The molecule has 6 heteroatoms. The number of hydrogen-bond acceptors (Lipinski definition) is 4. The van der Waals surface area contributed by atoms with E-state index in [-0.39, 0.29) is 12.5 Å². The molecule has 2 N–H and O–H groups in total. The molecule has 1 aromatic rings. The van der Waals surface area contributed by atoms with E-state index in [4.69, 9.17) is 22.7 Å². The number of thiocarbonyl (C=S) groups is 1. The Hall–Kier alpha value is -1.14. The van der Waals surface area contributed by atoms with Crippen LogP contribution in [0.25, 0.3) is 0 Å². The number of carbonyl (C=O) groups is 1. The first-order chi connectivity index (χ1) is 9.52. The molecule has 1 aromatic carbocycles. The van der Waals surface area contributed by atoms with Crippen LogP contribution in [0.2, 0.25) is 0 Å². The summed E-state index contributed by atoms with van der Waals surface area (Å²) in [5, 5.41) is 0. The molecule has 0 unspecified atom stereocenters.